The van der Waals surface area contributed by atoms with Crippen molar-refractivity contribution in [3.8, 4) is 0 Å². The molecule has 0 atom stereocenters. The molecule has 0 radical (unpaired) electrons. The molecule has 0 bridgehead atoms. The van der Waals surface area contributed by atoms with Crippen LogP contribution in [-0.4, -0.2) is 19.0 Å². The van der Waals surface area contributed by atoms with Gasteiger partial charge in [-0.15, -0.1) is 0 Å². The van der Waals surface area contributed by atoms with Crippen LogP contribution in [0.25, 0.3) is 0 Å². The number of hydrogen-bond donors (Lipinski definition) is 2. The Morgan fingerprint density at radius 3 is 2.21 bits per heavy atom. The average Bonchev–Trinajstić information content (AvgIpc) is 2.33. The lowest BCUT2D eigenvalue weighted by Crippen LogP contribution is -2.40. The Balaban J connectivity index is 2.59. The SMILES string of the molecule is CN=C(NCc1ccc(C(F)(F)F)cc1)NC(C)C. The van der Waals surface area contributed by atoms with Crippen LogP contribution in [-0.2, 0) is 12.7 Å². The normalized spacial score (nSPS) is 12.7. The maximum Gasteiger partial charge on any atom is 0.416 e. The van der Waals surface area contributed by atoms with Gasteiger partial charge in [0.15, 0.2) is 5.96 Å². The number of aliphatic imine (C=N–C) groups is 1. The number of rotatable bonds is 3. The second kappa shape index (κ2) is 6.45. The molecule has 0 aliphatic rings. The van der Waals surface area contributed by atoms with E-state index in [1.165, 1.54) is 12.1 Å². The van der Waals surface area contributed by atoms with Gasteiger partial charge in [0, 0.05) is 19.6 Å². The van der Waals surface area contributed by atoms with Crippen molar-refractivity contribution in [1.29, 1.82) is 0 Å². The predicted molar refractivity (Wildman–Crippen MR) is 69.9 cm³/mol. The zero-order valence-corrected chi connectivity index (χ0v) is 11.2. The Kier molecular flexibility index (Phi) is 5.20. The second-order valence-corrected chi connectivity index (χ2v) is 4.42. The lowest BCUT2D eigenvalue weighted by Gasteiger charge is -2.14. The molecule has 3 nitrogen and oxygen atoms in total. The molecule has 0 saturated carbocycles. The van der Waals surface area contributed by atoms with Crippen LogP contribution in [0.2, 0.25) is 0 Å². The smallest absolute Gasteiger partial charge is 0.354 e. The molecule has 1 rings (SSSR count). The van der Waals surface area contributed by atoms with Crippen molar-refractivity contribution in [2.24, 2.45) is 4.99 Å². The van der Waals surface area contributed by atoms with Gasteiger partial charge in [0.05, 0.1) is 5.56 Å². The van der Waals surface area contributed by atoms with Crippen LogP contribution in [0.3, 0.4) is 0 Å². The number of hydrogen-bond acceptors (Lipinski definition) is 1. The monoisotopic (exact) mass is 273 g/mol. The topological polar surface area (TPSA) is 36.4 Å². The van der Waals surface area contributed by atoms with E-state index in [9.17, 15) is 13.2 Å². The fourth-order valence-electron chi connectivity index (χ4n) is 1.47. The van der Waals surface area contributed by atoms with Crippen molar-refractivity contribution < 1.29 is 13.2 Å². The van der Waals surface area contributed by atoms with Gasteiger partial charge in [-0.2, -0.15) is 13.2 Å². The lowest BCUT2D eigenvalue weighted by molar-refractivity contribution is -0.137. The Labute approximate surface area is 110 Å². The summed E-state index contributed by atoms with van der Waals surface area (Å²) >= 11 is 0. The Bertz CT molecular complexity index is 422. The van der Waals surface area contributed by atoms with Gasteiger partial charge in [-0.1, -0.05) is 12.1 Å². The molecule has 0 amide bonds. The molecule has 0 aliphatic carbocycles. The average molecular weight is 273 g/mol. The molecule has 106 valence electrons. The van der Waals surface area contributed by atoms with Crippen LogP contribution < -0.4 is 10.6 Å². The van der Waals surface area contributed by atoms with Gasteiger partial charge in [-0.25, -0.2) is 0 Å². The van der Waals surface area contributed by atoms with E-state index in [4.69, 9.17) is 0 Å². The van der Waals surface area contributed by atoms with E-state index in [1.54, 1.807) is 7.05 Å². The van der Waals surface area contributed by atoms with Crippen LogP contribution in [0, 0.1) is 0 Å². The summed E-state index contributed by atoms with van der Waals surface area (Å²) in [5.74, 6) is 0.620. The first-order valence-electron chi connectivity index (χ1n) is 5.96. The third-order valence-electron chi connectivity index (χ3n) is 2.39. The Hall–Kier alpha value is -1.72. The van der Waals surface area contributed by atoms with Crippen molar-refractivity contribution in [3.63, 3.8) is 0 Å². The number of alkyl halides is 3. The fraction of sp³-hybridized carbons (Fsp3) is 0.462. The minimum Gasteiger partial charge on any atom is -0.354 e. The molecule has 0 fully saturated rings. The van der Waals surface area contributed by atoms with Crippen LogP contribution in [0.1, 0.15) is 25.0 Å². The van der Waals surface area contributed by atoms with Gasteiger partial charge >= 0.3 is 6.18 Å². The summed E-state index contributed by atoms with van der Waals surface area (Å²) in [5.41, 5.74) is 0.126. The number of nitrogens with zero attached hydrogens (tertiary/aromatic N) is 1. The van der Waals surface area contributed by atoms with Crippen molar-refractivity contribution in [2.45, 2.75) is 32.6 Å². The number of guanidine groups is 1. The zero-order chi connectivity index (χ0) is 14.5. The number of halogens is 3. The van der Waals surface area contributed by atoms with Crippen molar-refractivity contribution >= 4 is 5.96 Å². The van der Waals surface area contributed by atoms with Gasteiger partial charge in [0.1, 0.15) is 0 Å². The third kappa shape index (κ3) is 5.19. The van der Waals surface area contributed by atoms with E-state index in [2.05, 4.69) is 15.6 Å². The molecule has 0 heterocycles. The number of benzene rings is 1. The summed E-state index contributed by atoms with van der Waals surface area (Å²) in [6.45, 7) is 4.38. The second-order valence-electron chi connectivity index (χ2n) is 4.42. The standard InChI is InChI=1S/C13H18F3N3/c1-9(2)19-12(17-3)18-8-10-4-6-11(7-5-10)13(14,15)16/h4-7,9H,8H2,1-3H3,(H2,17,18,19). The van der Waals surface area contributed by atoms with E-state index in [0.29, 0.717) is 12.5 Å². The van der Waals surface area contributed by atoms with Crippen molar-refractivity contribution in [1.82, 2.24) is 10.6 Å². The molecule has 0 saturated heterocycles. The summed E-state index contributed by atoms with van der Waals surface area (Å²) in [6, 6.07) is 5.31. The van der Waals surface area contributed by atoms with Crippen LogP contribution >= 0.6 is 0 Å². The fourth-order valence-corrected chi connectivity index (χ4v) is 1.47. The molecule has 19 heavy (non-hydrogen) atoms. The Morgan fingerprint density at radius 2 is 1.79 bits per heavy atom. The molecule has 2 N–H and O–H groups in total. The highest BCUT2D eigenvalue weighted by atomic mass is 19.4. The predicted octanol–water partition coefficient (Wildman–Crippen LogP) is 2.78. The van der Waals surface area contributed by atoms with E-state index in [-0.39, 0.29) is 6.04 Å². The molecule has 1 aromatic carbocycles. The molecule has 1 aromatic rings. The number of nitrogens with one attached hydrogen (secondary N) is 2. The highest BCUT2D eigenvalue weighted by Gasteiger charge is 2.29. The van der Waals surface area contributed by atoms with E-state index in [0.717, 1.165) is 17.7 Å². The van der Waals surface area contributed by atoms with Gasteiger partial charge in [0.2, 0.25) is 0 Å². The van der Waals surface area contributed by atoms with Crippen molar-refractivity contribution in [3.05, 3.63) is 35.4 Å². The van der Waals surface area contributed by atoms with Crippen LogP contribution in [0.15, 0.2) is 29.3 Å². The quantitative estimate of drug-likeness (QED) is 0.656. The minimum absolute atomic E-state index is 0.235. The molecule has 0 aliphatic heterocycles. The molecule has 0 aromatic heterocycles. The first kappa shape index (κ1) is 15.3. The highest BCUT2D eigenvalue weighted by molar-refractivity contribution is 5.79. The molecule has 0 unspecified atom stereocenters. The summed E-state index contributed by atoms with van der Waals surface area (Å²) < 4.78 is 37.2. The molecular weight excluding hydrogens is 255 g/mol. The highest BCUT2D eigenvalue weighted by Crippen LogP contribution is 2.28. The van der Waals surface area contributed by atoms with Gasteiger partial charge in [-0.3, -0.25) is 4.99 Å². The van der Waals surface area contributed by atoms with Crippen LogP contribution in [0.4, 0.5) is 13.2 Å². The van der Waals surface area contributed by atoms with E-state index in [1.807, 2.05) is 13.8 Å². The zero-order valence-electron chi connectivity index (χ0n) is 11.2. The van der Waals surface area contributed by atoms with E-state index >= 15 is 0 Å². The minimum atomic E-state index is -4.29. The summed E-state index contributed by atoms with van der Waals surface area (Å²) in [5, 5.41) is 6.13. The summed E-state index contributed by atoms with van der Waals surface area (Å²) in [6.07, 6.45) is -4.29. The van der Waals surface area contributed by atoms with E-state index < -0.39 is 11.7 Å². The summed E-state index contributed by atoms with van der Waals surface area (Å²) in [7, 11) is 1.64. The molecule has 0 spiro atoms. The van der Waals surface area contributed by atoms with Crippen molar-refractivity contribution in [2.75, 3.05) is 7.05 Å². The maximum atomic E-state index is 12.4. The first-order chi connectivity index (χ1) is 8.82. The summed E-state index contributed by atoms with van der Waals surface area (Å²) in [4.78, 5) is 4.01. The molecular formula is C13H18F3N3. The van der Waals surface area contributed by atoms with Gasteiger partial charge in [-0.05, 0) is 31.5 Å². The lowest BCUT2D eigenvalue weighted by atomic mass is 10.1. The first-order valence-corrected chi connectivity index (χ1v) is 5.96. The van der Waals surface area contributed by atoms with Gasteiger partial charge in [0.25, 0.3) is 0 Å². The Morgan fingerprint density at radius 1 is 1.21 bits per heavy atom. The largest absolute Gasteiger partial charge is 0.416 e. The van der Waals surface area contributed by atoms with Gasteiger partial charge < -0.3 is 10.6 Å². The third-order valence-corrected chi connectivity index (χ3v) is 2.39. The van der Waals surface area contributed by atoms with Crippen LogP contribution in [0.5, 0.6) is 0 Å². The maximum absolute atomic E-state index is 12.4. The molecule has 6 heteroatoms.